The second kappa shape index (κ2) is 11.4. The molecular formula is C32H37N3O5. The van der Waals surface area contributed by atoms with E-state index in [-0.39, 0.29) is 37.4 Å². The van der Waals surface area contributed by atoms with E-state index in [0.29, 0.717) is 42.9 Å². The molecule has 3 amide bonds. The number of nitrogens with zero attached hydrogens (tertiary/aromatic N) is 3. The number of hydrogen-bond donors (Lipinski definition) is 2. The average Bonchev–Trinajstić information content (AvgIpc) is 3.18. The van der Waals surface area contributed by atoms with Gasteiger partial charge in [-0.2, -0.15) is 0 Å². The average molecular weight is 544 g/mol. The molecule has 2 aromatic carbocycles. The van der Waals surface area contributed by atoms with Crippen molar-refractivity contribution < 1.29 is 24.6 Å². The van der Waals surface area contributed by atoms with Gasteiger partial charge in [0, 0.05) is 49.6 Å². The molecule has 3 aliphatic rings. The standard InChI is InChI=1S/C32H37N3O5/c1-3-16-34-28-15-14-25(33-17-7-6-12-29(33)37)19-27(28)32(40,31(34)39)22(2)9-8-13-30(38)35-20-24-11-5-4-10-23(24)18-26(35)21-36/h3-5,8-11,14-15,19,22,26,36,40H,1,6-7,12-13,16-18,20-21H2,2H3/b9-8+/t22-,26+,32+/m1/s1. The molecule has 0 spiro atoms. The van der Waals surface area contributed by atoms with Crippen molar-refractivity contribution in [2.75, 3.05) is 29.5 Å². The number of carbonyl (C=O) groups is 3. The topological polar surface area (TPSA) is 101 Å². The van der Waals surface area contributed by atoms with E-state index in [9.17, 15) is 24.6 Å². The summed E-state index contributed by atoms with van der Waals surface area (Å²) in [5.74, 6) is -1.19. The van der Waals surface area contributed by atoms with Crippen LogP contribution in [-0.2, 0) is 33.0 Å². The zero-order valence-corrected chi connectivity index (χ0v) is 23.0. The van der Waals surface area contributed by atoms with Gasteiger partial charge in [-0.25, -0.2) is 0 Å². The zero-order valence-electron chi connectivity index (χ0n) is 23.0. The maximum Gasteiger partial charge on any atom is 0.264 e. The van der Waals surface area contributed by atoms with Gasteiger partial charge < -0.3 is 24.9 Å². The molecule has 0 aliphatic carbocycles. The molecular weight excluding hydrogens is 506 g/mol. The monoisotopic (exact) mass is 543 g/mol. The molecule has 2 N–H and O–H groups in total. The maximum atomic E-state index is 13.6. The van der Waals surface area contributed by atoms with Crippen LogP contribution in [0.3, 0.4) is 0 Å². The molecule has 0 aromatic heterocycles. The predicted molar refractivity (Wildman–Crippen MR) is 154 cm³/mol. The molecule has 0 bridgehead atoms. The number of benzene rings is 2. The van der Waals surface area contributed by atoms with Gasteiger partial charge in [-0.05, 0) is 48.6 Å². The summed E-state index contributed by atoms with van der Waals surface area (Å²) in [5.41, 5.74) is 2.07. The number of rotatable bonds is 8. The van der Waals surface area contributed by atoms with Crippen LogP contribution in [0.5, 0.6) is 0 Å². The summed E-state index contributed by atoms with van der Waals surface area (Å²) in [6.45, 7) is 6.68. The highest BCUT2D eigenvalue weighted by atomic mass is 16.3. The highest BCUT2D eigenvalue weighted by molar-refractivity contribution is 6.08. The third kappa shape index (κ3) is 4.86. The summed E-state index contributed by atoms with van der Waals surface area (Å²) in [7, 11) is 0. The number of anilines is 2. The highest BCUT2D eigenvalue weighted by Gasteiger charge is 2.52. The number of aliphatic hydroxyl groups excluding tert-OH is 1. The van der Waals surface area contributed by atoms with Gasteiger partial charge in [-0.1, -0.05) is 49.4 Å². The van der Waals surface area contributed by atoms with Crippen molar-refractivity contribution in [1.29, 1.82) is 0 Å². The van der Waals surface area contributed by atoms with Gasteiger partial charge >= 0.3 is 0 Å². The first kappa shape index (κ1) is 27.8. The number of aliphatic hydroxyl groups is 2. The maximum absolute atomic E-state index is 13.6. The van der Waals surface area contributed by atoms with Crippen molar-refractivity contribution in [3.63, 3.8) is 0 Å². The van der Waals surface area contributed by atoms with Gasteiger partial charge in [0.15, 0.2) is 5.60 Å². The summed E-state index contributed by atoms with van der Waals surface area (Å²) in [6, 6.07) is 13.0. The van der Waals surface area contributed by atoms with Crippen LogP contribution in [0.25, 0.3) is 0 Å². The summed E-state index contributed by atoms with van der Waals surface area (Å²) in [4.78, 5) is 44.3. The van der Waals surface area contributed by atoms with Crippen molar-refractivity contribution in [2.45, 2.75) is 57.2 Å². The van der Waals surface area contributed by atoms with Crippen LogP contribution in [0.2, 0.25) is 0 Å². The lowest BCUT2D eigenvalue weighted by atomic mass is 9.82. The summed E-state index contributed by atoms with van der Waals surface area (Å²) >= 11 is 0. The van der Waals surface area contributed by atoms with Gasteiger partial charge in [0.05, 0.1) is 18.3 Å². The summed E-state index contributed by atoms with van der Waals surface area (Å²) in [6.07, 6.45) is 7.95. The molecule has 0 unspecified atom stereocenters. The fourth-order valence-corrected chi connectivity index (χ4v) is 6.16. The van der Waals surface area contributed by atoms with E-state index in [2.05, 4.69) is 6.58 Å². The first-order valence-electron chi connectivity index (χ1n) is 14.0. The van der Waals surface area contributed by atoms with E-state index in [1.54, 1.807) is 47.1 Å². The van der Waals surface area contributed by atoms with Crippen molar-refractivity contribution in [1.82, 2.24) is 4.90 Å². The Morgan fingerprint density at radius 1 is 1.18 bits per heavy atom. The highest BCUT2D eigenvalue weighted by Crippen LogP contribution is 2.46. The SMILES string of the molecule is C=CCN1C(=O)[C@](O)([C@H](C)/C=C/CC(=O)N2Cc3ccccc3C[C@H]2CO)c2cc(N3CCCCC3=O)ccc21. The Hall–Kier alpha value is -3.75. The Morgan fingerprint density at radius 3 is 2.67 bits per heavy atom. The number of piperidine rings is 1. The lowest BCUT2D eigenvalue weighted by Gasteiger charge is -2.36. The first-order valence-corrected chi connectivity index (χ1v) is 14.0. The molecule has 5 rings (SSSR count). The molecule has 2 aromatic rings. The molecule has 0 saturated carbocycles. The van der Waals surface area contributed by atoms with Crippen LogP contribution in [-0.4, -0.2) is 58.6 Å². The van der Waals surface area contributed by atoms with E-state index in [1.807, 2.05) is 30.3 Å². The fraction of sp³-hybridized carbons (Fsp3) is 0.406. The molecule has 3 atom stereocenters. The van der Waals surface area contributed by atoms with Crippen LogP contribution in [0, 0.1) is 5.92 Å². The van der Waals surface area contributed by atoms with Crippen LogP contribution in [0.4, 0.5) is 11.4 Å². The third-order valence-electron chi connectivity index (χ3n) is 8.46. The normalized spacial score (nSPS) is 23.4. The Bertz CT molecular complexity index is 1350. The van der Waals surface area contributed by atoms with Crippen molar-refractivity contribution in [3.8, 4) is 0 Å². The molecule has 1 saturated heterocycles. The Kier molecular flexibility index (Phi) is 7.92. The van der Waals surface area contributed by atoms with Gasteiger partial charge in [0.25, 0.3) is 5.91 Å². The second-order valence-electron chi connectivity index (χ2n) is 10.9. The van der Waals surface area contributed by atoms with Crippen molar-refractivity contribution in [3.05, 3.63) is 84.0 Å². The smallest absolute Gasteiger partial charge is 0.264 e. The van der Waals surface area contributed by atoms with Gasteiger partial charge in [0.1, 0.15) is 0 Å². The minimum absolute atomic E-state index is 0.0370. The molecule has 40 heavy (non-hydrogen) atoms. The quantitative estimate of drug-likeness (QED) is 0.497. The van der Waals surface area contributed by atoms with E-state index in [0.717, 1.165) is 24.0 Å². The van der Waals surface area contributed by atoms with Gasteiger partial charge in [-0.3, -0.25) is 14.4 Å². The first-order chi connectivity index (χ1) is 19.3. The summed E-state index contributed by atoms with van der Waals surface area (Å²) in [5, 5.41) is 21.9. The fourth-order valence-electron chi connectivity index (χ4n) is 6.16. The number of fused-ring (bicyclic) bond motifs is 2. The van der Waals surface area contributed by atoms with Crippen molar-refractivity contribution in [2.24, 2.45) is 5.92 Å². The summed E-state index contributed by atoms with van der Waals surface area (Å²) < 4.78 is 0. The Morgan fingerprint density at radius 2 is 1.95 bits per heavy atom. The Balaban J connectivity index is 1.37. The molecule has 3 aliphatic heterocycles. The minimum atomic E-state index is -1.86. The van der Waals surface area contributed by atoms with Crippen LogP contribution < -0.4 is 9.80 Å². The van der Waals surface area contributed by atoms with E-state index < -0.39 is 17.4 Å². The molecule has 8 nitrogen and oxygen atoms in total. The van der Waals surface area contributed by atoms with Crippen LogP contribution >= 0.6 is 0 Å². The molecule has 1 fully saturated rings. The third-order valence-corrected chi connectivity index (χ3v) is 8.46. The molecule has 8 heteroatoms. The van der Waals surface area contributed by atoms with Crippen molar-refractivity contribution >= 4 is 29.1 Å². The predicted octanol–water partition coefficient (Wildman–Crippen LogP) is 3.45. The Labute approximate surface area is 235 Å². The largest absolute Gasteiger partial charge is 0.394 e. The minimum Gasteiger partial charge on any atom is -0.394 e. The lowest BCUT2D eigenvalue weighted by molar-refractivity contribution is -0.139. The number of amides is 3. The molecule has 210 valence electrons. The number of carbonyl (C=O) groups excluding carboxylic acids is 3. The van der Waals surface area contributed by atoms with E-state index >= 15 is 0 Å². The van der Waals surface area contributed by atoms with Crippen LogP contribution in [0.1, 0.15) is 49.3 Å². The molecule has 3 heterocycles. The number of hydrogen-bond acceptors (Lipinski definition) is 5. The van der Waals surface area contributed by atoms with E-state index in [4.69, 9.17) is 0 Å². The van der Waals surface area contributed by atoms with Gasteiger partial charge in [-0.15, -0.1) is 6.58 Å². The zero-order chi connectivity index (χ0) is 28.4. The lowest BCUT2D eigenvalue weighted by Crippen LogP contribution is -2.46. The van der Waals surface area contributed by atoms with E-state index in [1.165, 1.54) is 4.90 Å². The van der Waals surface area contributed by atoms with Crippen LogP contribution in [0.15, 0.2) is 67.3 Å². The second-order valence-corrected chi connectivity index (χ2v) is 10.9. The van der Waals surface area contributed by atoms with Gasteiger partial charge in [0.2, 0.25) is 11.8 Å². The molecule has 0 radical (unpaired) electrons.